The molecule has 2 nitrogen and oxygen atoms in total. The minimum Gasteiger partial charge on any atom is -0.364 e. The fourth-order valence-electron chi connectivity index (χ4n) is 0.652. The predicted octanol–water partition coefficient (Wildman–Crippen LogP) is 2.57. The van der Waals surface area contributed by atoms with E-state index in [1.807, 2.05) is 20.8 Å². The molecule has 0 fully saturated rings. The topological polar surface area (TPSA) is 26.0 Å². The first-order chi connectivity index (χ1) is 4.84. The van der Waals surface area contributed by atoms with Crippen LogP contribution in [0.2, 0.25) is 0 Å². The fourth-order valence-corrected chi connectivity index (χ4v) is 0.652. The minimum atomic E-state index is 1.01. The van der Waals surface area contributed by atoms with Gasteiger partial charge >= 0.3 is 0 Å². The maximum Gasteiger partial charge on any atom is 0.127 e. The lowest BCUT2D eigenvalue weighted by molar-refractivity contribution is 0.414. The van der Waals surface area contributed by atoms with Crippen molar-refractivity contribution in [1.29, 1.82) is 0 Å². The normalized spacial score (nSPS) is 8.40. The molecule has 0 N–H and O–H groups in total. The van der Waals surface area contributed by atoms with Gasteiger partial charge in [-0.2, -0.15) is 0 Å². The molecule has 58 valence electrons. The van der Waals surface area contributed by atoms with Crippen LogP contribution in [0.4, 0.5) is 0 Å². The summed E-state index contributed by atoms with van der Waals surface area (Å²) in [5.41, 5.74) is 2.21. The molecular weight excluding hydrogens is 126 g/mol. The Morgan fingerprint density at radius 1 is 1.50 bits per heavy atom. The van der Waals surface area contributed by atoms with Crippen LogP contribution in [-0.2, 0) is 6.42 Å². The van der Waals surface area contributed by atoms with Gasteiger partial charge in [0.2, 0.25) is 0 Å². The molecule has 10 heavy (non-hydrogen) atoms. The molecule has 0 aliphatic heterocycles. The Hall–Kier alpha value is -0.790. The molecule has 0 radical (unpaired) electrons. The third kappa shape index (κ3) is 2.21. The van der Waals surface area contributed by atoms with Crippen LogP contribution in [0.3, 0.4) is 0 Å². The number of hydrogen-bond acceptors (Lipinski definition) is 2. The van der Waals surface area contributed by atoms with Crippen LogP contribution in [0.15, 0.2) is 10.8 Å². The molecule has 0 spiro atoms. The molecule has 0 saturated heterocycles. The largest absolute Gasteiger partial charge is 0.364 e. The van der Waals surface area contributed by atoms with Crippen molar-refractivity contribution in [2.75, 3.05) is 0 Å². The predicted molar refractivity (Wildman–Crippen MR) is 42.0 cm³/mol. The maximum absolute atomic E-state index is 4.69. The van der Waals surface area contributed by atoms with Crippen LogP contribution in [0, 0.1) is 6.92 Å². The van der Waals surface area contributed by atoms with Crippen LogP contribution < -0.4 is 0 Å². The first kappa shape index (κ1) is 9.21. The van der Waals surface area contributed by atoms with Gasteiger partial charge in [-0.25, -0.2) is 0 Å². The number of aromatic nitrogens is 1. The lowest BCUT2D eigenvalue weighted by Gasteiger charge is -1.82. The van der Waals surface area contributed by atoms with Crippen molar-refractivity contribution in [3.63, 3.8) is 0 Å². The van der Waals surface area contributed by atoms with Crippen molar-refractivity contribution in [2.45, 2.75) is 34.1 Å². The van der Waals surface area contributed by atoms with E-state index in [4.69, 9.17) is 0 Å². The van der Waals surface area contributed by atoms with Gasteiger partial charge in [-0.05, 0) is 13.3 Å². The summed E-state index contributed by atoms with van der Waals surface area (Å²) in [6, 6.07) is 0. The number of aryl methyl sites for hydroxylation is 2. The zero-order valence-electron chi connectivity index (χ0n) is 7.14. The zero-order valence-corrected chi connectivity index (χ0v) is 7.14. The first-order valence-electron chi connectivity index (χ1n) is 3.74. The quantitative estimate of drug-likeness (QED) is 0.600. The van der Waals surface area contributed by atoms with Crippen molar-refractivity contribution < 1.29 is 4.52 Å². The Bertz CT molecular complexity index is 170. The summed E-state index contributed by atoms with van der Waals surface area (Å²) in [5, 5.41) is 3.71. The fraction of sp³-hybridized carbons (Fsp3) is 0.625. The van der Waals surface area contributed by atoms with E-state index in [0.29, 0.717) is 0 Å². The Kier molecular flexibility index (Phi) is 4.63. The van der Waals surface area contributed by atoms with E-state index in [1.165, 1.54) is 5.56 Å². The molecule has 0 unspecified atom stereocenters. The molecule has 1 heterocycles. The van der Waals surface area contributed by atoms with E-state index >= 15 is 0 Å². The monoisotopic (exact) mass is 141 g/mol. The summed E-state index contributed by atoms with van der Waals surface area (Å²) in [7, 11) is 0. The number of nitrogens with zero attached hydrogens (tertiary/aromatic N) is 1. The highest BCUT2D eigenvalue weighted by Gasteiger charge is 1.96. The Morgan fingerprint density at radius 3 is 2.30 bits per heavy atom. The Labute approximate surface area is 62.2 Å². The average Bonchev–Trinajstić information content (AvgIpc) is 2.39. The molecule has 0 aromatic carbocycles. The SMILES string of the molecule is CC.CCc1conc1C. The van der Waals surface area contributed by atoms with Gasteiger partial charge in [0.25, 0.3) is 0 Å². The summed E-state index contributed by atoms with van der Waals surface area (Å²) in [5.74, 6) is 0. The third-order valence-corrected chi connectivity index (χ3v) is 1.23. The first-order valence-corrected chi connectivity index (χ1v) is 3.74. The molecule has 0 aliphatic rings. The minimum absolute atomic E-state index is 1.01. The number of rotatable bonds is 1. The summed E-state index contributed by atoms with van der Waals surface area (Å²) in [6.45, 7) is 8.03. The van der Waals surface area contributed by atoms with E-state index < -0.39 is 0 Å². The maximum atomic E-state index is 4.69. The van der Waals surface area contributed by atoms with E-state index in [0.717, 1.165) is 12.1 Å². The highest BCUT2D eigenvalue weighted by Crippen LogP contribution is 2.03. The summed E-state index contributed by atoms with van der Waals surface area (Å²) >= 11 is 0. The molecule has 1 aromatic heterocycles. The van der Waals surface area contributed by atoms with E-state index in [1.54, 1.807) is 6.26 Å². The van der Waals surface area contributed by atoms with Gasteiger partial charge in [-0.3, -0.25) is 0 Å². The van der Waals surface area contributed by atoms with Crippen LogP contribution in [0.5, 0.6) is 0 Å². The van der Waals surface area contributed by atoms with E-state index in [-0.39, 0.29) is 0 Å². The van der Waals surface area contributed by atoms with Crippen LogP contribution in [-0.4, -0.2) is 5.16 Å². The second-order valence-electron chi connectivity index (χ2n) is 1.78. The highest BCUT2D eigenvalue weighted by atomic mass is 16.5. The molecule has 2 heteroatoms. The smallest absolute Gasteiger partial charge is 0.127 e. The summed E-state index contributed by atoms with van der Waals surface area (Å²) in [4.78, 5) is 0. The van der Waals surface area contributed by atoms with Crippen molar-refractivity contribution in [2.24, 2.45) is 0 Å². The Balaban J connectivity index is 0.000000371. The molecule has 0 aliphatic carbocycles. The average molecular weight is 141 g/mol. The van der Waals surface area contributed by atoms with Gasteiger partial charge < -0.3 is 4.52 Å². The molecular formula is C8H15NO. The van der Waals surface area contributed by atoms with Crippen molar-refractivity contribution in [3.05, 3.63) is 17.5 Å². The van der Waals surface area contributed by atoms with Crippen molar-refractivity contribution in [1.82, 2.24) is 5.16 Å². The van der Waals surface area contributed by atoms with Gasteiger partial charge in [0.05, 0.1) is 5.69 Å². The van der Waals surface area contributed by atoms with Crippen molar-refractivity contribution in [3.8, 4) is 0 Å². The molecule has 0 atom stereocenters. The van der Waals surface area contributed by atoms with E-state index in [9.17, 15) is 0 Å². The molecule has 1 aromatic rings. The van der Waals surface area contributed by atoms with Crippen LogP contribution >= 0.6 is 0 Å². The number of hydrogen-bond donors (Lipinski definition) is 0. The van der Waals surface area contributed by atoms with Gasteiger partial charge in [-0.1, -0.05) is 25.9 Å². The lowest BCUT2D eigenvalue weighted by Crippen LogP contribution is -1.77. The van der Waals surface area contributed by atoms with Crippen molar-refractivity contribution >= 4 is 0 Å². The summed E-state index contributed by atoms with van der Waals surface area (Å²) in [6.07, 6.45) is 2.70. The molecule has 0 bridgehead atoms. The van der Waals surface area contributed by atoms with Crippen LogP contribution in [0.25, 0.3) is 0 Å². The van der Waals surface area contributed by atoms with Gasteiger partial charge in [0, 0.05) is 5.56 Å². The van der Waals surface area contributed by atoms with E-state index in [2.05, 4.69) is 16.6 Å². The van der Waals surface area contributed by atoms with Gasteiger partial charge in [-0.15, -0.1) is 0 Å². The third-order valence-electron chi connectivity index (χ3n) is 1.23. The molecule has 0 saturated carbocycles. The van der Waals surface area contributed by atoms with Crippen LogP contribution in [0.1, 0.15) is 32.0 Å². The molecule has 1 rings (SSSR count). The standard InChI is InChI=1S/C6H9NO.C2H6/c1-3-6-4-8-7-5(6)2;1-2/h4H,3H2,1-2H3;1-2H3. The second kappa shape index (κ2) is 5.03. The Morgan fingerprint density at radius 2 is 2.10 bits per heavy atom. The summed E-state index contributed by atoms with van der Waals surface area (Å²) < 4.78 is 4.69. The zero-order chi connectivity index (χ0) is 7.98. The van der Waals surface area contributed by atoms with Gasteiger partial charge in [0.1, 0.15) is 6.26 Å². The van der Waals surface area contributed by atoms with Gasteiger partial charge in [0.15, 0.2) is 0 Å². The second-order valence-corrected chi connectivity index (χ2v) is 1.78. The highest BCUT2D eigenvalue weighted by molar-refractivity contribution is 5.11. The lowest BCUT2D eigenvalue weighted by atomic mass is 10.2. The molecule has 0 amide bonds.